The van der Waals surface area contributed by atoms with Crippen LogP contribution >= 0.6 is 0 Å². The number of rotatable bonds is 4. The smallest absolute Gasteiger partial charge is 0.315 e. The molecule has 2 amide bonds. The van der Waals surface area contributed by atoms with Crippen molar-refractivity contribution < 1.29 is 9.18 Å². The Morgan fingerprint density at radius 1 is 1.23 bits per heavy atom. The van der Waals surface area contributed by atoms with E-state index in [1.165, 1.54) is 12.1 Å². The zero-order valence-corrected chi connectivity index (χ0v) is 12.2. The topological polar surface area (TPSA) is 71.8 Å². The number of halogens is 1. The number of aryl methyl sites for hydroxylation is 1. The van der Waals surface area contributed by atoms with Crippen molar-refractivity contribution in [2.45, 2.75) is 38.9 Å². The standard InChI is InChI=1S/C15H18FN5O/c16-12-5-3-4-11(8-12)9-17-15(22)18-10-14-20-19-13-6-1-2-7-21(13)14/h3-5,8H,1-2,6-7,9-10H2,(H2,17,18,22). The van der Waals surface area contributed by atoms with Crippen molar-refractivity contribution in [3.63, 3.8) is 0 Å². The van der Waals surface area contributed by atoms with Gasteiger partial charge in [0.15, 0.2) is 5.82 Å². The van der Waals surface area contributed by atoms with Gasteiger partial charge in [-0.3, -0.25) is 0 Å². The molecule has 3 rings (SSSR count). The van der Waals surface area contributed by atoms with E-state index < -0.39 is 0 Å². The Labute approximate surface area is 127 Å². The molecule has 2 heterocycles. The van der Waals surface area contributed by atoms with Crippen LogP contribution < -0.4 is 10.6 Å². The predicted molar refractivity (Wildman–Crippen MR) is 78.4 cm³/mol. The summed E-state index contributed by atoms with van der Waals surface area (Å²) in [5, 5.41) is 13.7. The maximum absolute atomic E-state index is 13.0. The second-order valence-corrected chi connectivity index (χ2v) is 5.31. The van der Waals surface area contributed by atoms with Crippen molar-refractivity contribution in [2.24, 2.45) is 0 Å². The normalized spacial score (nSPS) is 13.5. The fourth-order valence-electron chi connectivity index (χ4n) is 2.55. The molecule has 1 aromatic heterocycles. The average molecular weight is 303 g/mol. The van der Waals surface area contributed by atoms with Gasteiger partial charge < -0.3 is 15.2 Å². The maximum Gasteiger partial charge on any atom is 0.315 e. The predicted octanol–water partition coefficient (Wildman–Crippen LogP) is 1.75. The van der Waals surface area contributed by atoms with E-state index >= 15 is 0 Å². The summed E-state index contributed by atoms with van der Waals surface area (Å²) >= 11 is 0. The fourth-order valence-corrected chi connectivity index (χ4v) is 2.55. The van der Waals surface area contributed by atoms with Gasteiger partial charge in [-0.25, -0.2) is 9.18 Å². The van der Waals surface area contributed by atoms with Crippen molar-refractivity contribution in [3.05, 3.63) is 47.3 Å². The van der Waals surface area contributed by atoms with Crippen molar-refractivity contribution in [3.8, 4) is 0 Å². The number of carbonyl (C=O) groups excluding carboxylic acids is 1. The summed E-state index contributed by atoms with van der Waals surface area (Å²) in [5.74, 6) is 1.45. The Bertz CT molecular complexity index is 670. The number of hydrogen-bond donors (Lipinski definition) is 2. The van der Waals surface area contributed by atoms with E-state index in [4.69, 9.17) is 0 Å². The first kappa shape index (κ1) is 14.5. The zero-order chi connectivity index (χ0) is 15.4. The van der Waals surface area contributed by atoms with E-state index in [1.54, 1.807) is 12.1 Å². The summed E-state index contributed by atoms with van der Waals surface area (Å²) in [7, 11) is 0. The second-order valence-electron chi connectivity index (χ2n) is 5.31. The number of nitrogens with zero attached hydrogens (tertiary/aromatic N) is 3. The molecule has 6 nitrogen and oxygen atoms in total. The first-order valence-electron chi connectivity index (χ1n) is 7.39. The molecule has 0 spiro atoms. The van der Waals surface area contributed by atoms with Crippen LogP contribution in [0.2, 0.25) is 0 Å². The van der Waals surface area contributed by atoms with Crippen LogP contribution in [-0.4, -0.2) is 20.8 Å². The monoisotopic (exact) mass is 303 g/mol. The number of urea groups is 1. The van der Waals surface area contributed by atoms with E-state index in [1.807, 2.05) is 0 Å². The fraction of sp³-hybridized carbons (Fsp3) is 0.400. The summed E-state index contributed by atoms with van der Waals surface area (Å²) in [6.07, 6.45) is 3.20. The summed E-state index contributed by atoms with van der Waals surface area (Å²) in [4.78, 5) is 11.8. The number of aromatic nitrogens is 3. The van der Waals surface area contributed by atoms with Gasteiger partial charge in [-0.05, 0) is 30.5 Å². The van der Waals surface area contributed by atoms with Crippen LogP contribution in [0.15, 0.2) is 24.3 Å². The molecule has 0 unspecified atom stereocenters. The lowest BCUT2D eigenvalue weighted by molar-refractivity contribution is 0.239. The van der Waals surface area contributed by atoms with E-state index in [0.717, 1.165) is 43.0 Å². The van der Waals surface area contributed by atoms with Gasteiger partial charge in [-0.2, -0.15) is 0 Å². The molecule has 1 aliphatic heterocycles. The van der Waals surface area contributed by atoms with Gasteiger partial charge in [0.25, 0.3) is 0 Å². The first-order chi connectivity index (χ1) is 10.7. The highest BCUT2D eigenvalue weighted by Gasteiger charge is 2.15. The van der Waals surface area contributed by atoms with E-state index in [2.05, 4.69) is 25.4 Å². The van der Waals surface area contributed by atoms with Crippen molar-refractivity contribution in [1.82, 2.24) is 25.4 Å². The van der Waals surface area contributed by atoms with Crippen LogP contribution in [0.4, 0.5) is 9.18 Å². The molecule has 0 fully saturated rings. The SMILES string of the molecule is O=C(NCc1cccc(F)c1)NCc1nnc2n1CCCC2. The highest BCUT2D eigenvalue weighted by Crippen LogP contribution is 2.13. The molecule has 0 atom stereocenters. The molecule has 22 heavy (non-hydrogen) atoms. The van der Waals surface area contributed by atoms with Gasteiger partial charge in [0, 0.05) is 19.5 Å². The molecular weight excluding hydrogens is 285 g/mol. The number of amides is 2. The Kier molecular flexibility index (Phi) is 4.32. The number of hydrogen-bond acceptors (Lipinski definition) is 3. The third-order valence-electron chi connectivity index (χ3n) is 3.69. The third kappa shape index (κ3) is 3.41. The highest BCUT2D eigenvalue weighted by atomic mass is 19.1. The summed E-state index contributed by atoms with van der Waals surface area (Å²) < 4.78 is 15.1. The molecule has 1 aliphatic rings. The molecule has 7 heteroatoms. The Balaban J connectivity index is 1.49. The number of fused-ring (bicyclic) bond motifs is 1. The molecule has 0 saturated carbocycles. The lowest BCUT2D eigenvalue weighted by Gasteiger charge is -2.15. The van der Waals surface area contributed by atoms with Gasteiger partial charge in [0.2, 0.25) is 0 Å². The number of benzene rings is 1. The quantitative estimate of drug-likeness (QED) is 0.904. The van der Waals surface area contributed by atoms with Crippen LogP contribution in [0.5, 0.6) is 0 Å². The maximum atomic E-state index is 13.0. The molecule has 0 saturated heterocycles. The average Bonchev–Trinajstić information content (AvgIpc) is 2.94. The van der Waals surface area contributed by atoms with Crippen LogP contribution in [-0.2, 0) is 26.1 Å². The first-order valence-corrected chi connectivity index (χ1v) is 7.39. The van der Waals surface area contributed by atoms with Gasteiger partial charge in [-0.15, -0.1) is 10.2 Å². The number of nitrogens with one attached hydrogen (secondary N) is 2. The molecule has 0 radical (unpaired) electrons. The van der Waals surface area contributed by atoms with Crippen LogP contribution in [0, 0.1) is 5.82 Å². The molecule has 2 N–H and O–H groups in total. The second kappa shape index (κ2) is 6.55. The van der Waals surface area contributed by atoms with E-state index in [0.29, 0.717) is 6.54 Å². The Hall–Kier alpha value is -2.44. The molecule has 2 aromatic rings. The number of carbonyl (C=O) groups is 1. The van der Waals surface area contributed by atoms with E-state index in [-0.39, 0.29) is 18.4 Å². The summed E-state index contributed by atoms with van der Waals surface area (Å²) in [6, 6.07) is 5.84. The minimum absolute atomic E-state index is 0.279. The van der Waals surface area contributed by atoms with Crippen LogP contribution in [0.25, 0.3) is 0 Å². The van der Waals surface area contributed by atoms with Gasteiger partial charge in [-0.1, -0.05) is 12.1 Å². The summed E-state index contributed by atoms with van der Waals surface area (Å²) in [6.45, 7) is 1.52. The van der Waals surface area contributed by atoms with Crippen molar-refractivity contribution >= 4 is 6.03 Å². The minimum Gasteiger partial charge on any atom is -0.334 e. The minimum atomic E-state index is -0.310. The van der Waals surface area contributed by atoms with Crippen molar-refractivity contribution in [2.75, 3.05) is 0 Å². The molecule has 0 aliphatic carbocycles. The van der Waals surface area contributed by atoms with Crippen LogP contribution in [0.3, 0.4) is 0 Å². The van der Waals surface area contributed by atoms with Crippen molar-refractivity contribution in [1.29, 1.82) is 0 Å². The van der Waals surface area contributed by atoms with Gasteiger partial charge >= 0.3 is 6.03 Å². The molecule has 0 bridgehead atoms. The Morgan fingerprint density at radius 2 is 2.09 bits per heavy atom. The third-order valence-corrected chi connectivity index (χ3v) is 3.69. The Morgan fingerprint density at radius 3 is 2.95 bits per heavy atom. The van der Waals surface area contributed by atoms with Crippen LogP contribution in [0.1, 0.15) is 30.1 Å². The van der Waals surface area contributed by atoms with E-state index in [9.17, 15) is 9.18 Å². The molecular formula is C15H18FN5O. The molecule has 116 valence electrons. The van der Waals surface area contributed by atoms with Gasteiger partial charge in [0.1, 0.15) is 11.6 Å². The lowest BCUT2D eigenvalue weighted by Crippen LogP contribution is -2.35. The van der Waals surface area contributed by atoms with Gasteiger partial charge in [0.05, 0.1) is 6.54 Å². The zero-order valence-electron chi connectivity index (χ0n) is 12.2. The highest BCUT2D eigenvalue weighted by molar-refractivity contribution is 5.73. The largest absolute Gasteiger partial charge is 0.334 e. The molecule has 1 aromatic carbocycles. The lowest BCUT2D eigenvalue weighted by atomic mass is 10.2. The summed E-state index contributed by atoms with van der Waals surface area (Å²) in [5.41, 5.74) is 0.718.